The van der Waals surface area contributed by atoms with Gasteiger partial charge < -0.3 is 0 Å². The Labute approximate surface area is 82.3 Å². The third kappa shape index (κ3) is 1.10. The van der Waals surface area contributed by atoms with Gasteiger partial charge in [-0.1, -0.05) is 0 Å². The van der Waals surface area contributed by atoms with Gasteiger partial charge in [-0.2, -0.15) is 5.10 Å². The van der Waals surface area contributed by atoms with Crippen LogP contribution < -0.4 is 0 Å². The molecule has 0 radical (unpaired) electrons. The minimum Gasteiger partial charge on any atom is -0.271 e. The van der Waals surface area contributed by atoms with Crippen molar-refractivity contribution in [2.45, 2.75) is 6.92 Å². The monoisotopic (exact) mass is 276 g/mol. The van der Waals surface area contributed by atoms with E-state index in [1.807, 2.05) is 6.92 Å². The highest BCUT2D eigenvalue weighted by molar-refractivity contribution is 14.1. The van der Waals surface area contributed by atoms with Crippen LogP contribution in [0.2, 0.25) is 0 Å². The maximum absolute atomic E-state index is 12.9. The van der Waals surface area contributed by atoms with Crippen molar-refractivity contribution in [3.8, 4) is 0 Å². The van der Waals surface area contributed by atoms with E-state index in [1.165, 1.54) is 12.1 Å². The van der Waals surface area contributed by atoms with Crippen molar-refractivity contribution >= 4 is 33.5 Å². The summed E-state index contributed by atoms with van der Waals surface area (Å²) in [6.45, 7) is 1.88. The zero-order chi connectivity index (χ0) is 8.72. The van der Waals surface area contributed by atoms with Gasteiger partial charge in [0.15, 0.2) is 0 Å². The van der Waals surface area contributed by atoms with Gasteiger partial charge >= 0.3 is 0 Å². The molecule has 0 spiro atoms. The average Bonchev–Trinajstić information content (AvgIpc) is 2.31. The summed E-state index contributed by atoms with van der Waals surface area (Å²) < 4.78 is 13.8. The molecule has 1 aromatic carbocycles. The summed E-state index contributed by atoms with van der Waals surface area (Å²) in [5.74, 6) is -0.233. The molecule has 4 heteroatoms. The van der Waals surface area contributed by atoms with Gasteiger partial charge in [-0.25, -0.2) is 4.39 Å². The first-order valence-corrected chi connectivity index (χ1v) is 4.56. The lowest BCUT2D eigenvalue weighted by atomic mass is 10.1. The van der Waals surface area contributed by atoms with Gasteiger partial charge in [0.25, 0.3) is 0 Å². The van der Waals surface area contributed by atoms with E-state index in [0.29, 0.717) is 5.52 Å². The van der Waals surface area contributed by atoms with Crippen molar-refractivity contribution in [2.75, 3.05) is 0 Å². The molecule has 0 saturated carbocycles. The number of aryl methyl sites for hydroxylation is 1. The molecule has 0 bridgehead atoms. The summed E-state index contributed by atoms with van der Waals surface area (Å²) in [6.07, 6.45) is 0. The van der Waals surface area contributed by atoms with Crippen LogP contribution in [0.25, 0.3) is 10.9 Å². The minimum absolute atomic E-state index is 0.233. The van der Waals surface area contributed by atoms with Gasteiger partial charge in [0.2, 0.25) is 0 Å². The van der Waals surface area contributed by atoms with Crippen molar-refractivity contribution in [2.24, 2.45) is 0 Å². The molecule has 0 saturated heterocycles. The summed E-state index contributed by atoms with van der Waals surface area (Å²) in [5.41, 5.74) is 1.61. The van der Waals surface area contributed by atoms with Crippen molar-refractivity contribution in [1.82, 2.24) is 10.2 Å². The molecule has 0 amide bonds. The van der Waals surface area contributed by atoms with Gasteiger partial charge in [0, 0.05) is 11.5 Å². The number of H-pyrrole nitrogens is 1. The Hall–Kier alpha value is -0.650. The lowest BCUT2D eigenvalue weighted by Crippen LogP contribution is -1.80. The zero-order valence-electron chi connectivity index (χ0n) is 6.36. The molecule has 0 aliphatic carbocycles. The van der Waals surface area contributed by atoms with Crippen LogP contribution >= 0.6 is 22.6 Å². The molecule has 1 heterocycles. The highest BCUT2D eigenvalue weighted by atomic mass is 127. The molecule has 12 heavy (non-hydrogen) atoms. The number of hydrogen-bond donors (Lipinski definition) is 1. The number of rotatable bonds is 0. The molecule has 1 N–H and O–H groups in total. The molecule has 0 atom stereocenters. The van der Waals surface area contributed by atoms with E-state index in [0.717, 1.165) is 14.7 Å². The van der Waals surface area contributed by atoms with Crippen LogP contribution in [0.5, 0.6) is 0 Å². The smallest absolute Gasteiger partial charge is 0.125 e. The number of fused-ring (bicyclic) bond motifs is 1. The third-order valence-electron chi connectivity index (χ3n) is 1.77. The topological polar surface area (TPSA) is 28.7 Å². The first kappa shape index (κ1) is 7.97. The van der Waals surface area contributed by atoms with Crippen molar-refractivity contribution in [3.05, 3.63) is 27.2 Å². The van der Waals surface area contributed by atoms with Crippen LogP contribution in [0.1, 0.15) is 5.56 Å². The summed E-state index contributed by atoms with van der Waals surface area (Å²) in [7, 11) is 0. The Kier molecular flexibility index (Phi) is 1.79. The Bertz CT molecular complexity index is 436. The fraction of sp³-hybridized carbons (Fsp3) is 0.125. The SMILES string of the molecule is Cc1cc(F)cc2n[nH]c(I)c12. The molecule has 1 aromatic heterocycles. The van der Waals surface area contributed by atoms with Crippen molar-refractivity contribution < 1.29 is 4.39 Å². The fourth-order valence-corrected chi connectivity index (χ4v) is 2.09. The summed E-state index contributed by atoms with van der Waals surface area (Å²) >= 11 is 2.15. The molecular formula is C8H6FIN2. The Balaban J connectivity index is 2.93. The number of nitrogens with one attached hydrogen (secondary N) is 1. The fourth-order valence-electron chi connectivity index (χ4n) is 1.26. The number of aromatic nitrogens is 2. The predicted molar refractivity (Wildman–Crippen MR) is 53.5 cm³/mol. The van der Waals surface area contributed by atoms with Gasteiger partial charge in [-0.3, -0.25) is 5.10 Å². The van der Waals surface area contributed by atoms with Crippen LogP contribution in [0.3, 0.4) is 0 Å². The third-order valence-corrected chi connectivity index (χ3v) is 2.55. The largest absolute Gasteiger partial charge is 0.271 e. The maximum atomic E-state index is 12.9. The highest BCUT2D eigenvalue weighted by Crippen LogP contribution is 2.22. The first-order valence-electron chi connectivity index (χ1n) is 3.48. The zero-order valence-corrected chi connectivity index (χ0v) is 8.52. The number of nitrogens with zero attached hydrogens (tertiary/aromatic N) is 1. The molecule has 0 aliphatic rings. The average molecular weight is 276 g/mol. The lowest BCUT2D eigenvalue weighted by molar-refractivity contribution is 0.628. The second-order valence-corrected chi connectivity index (χ2v) is 3.73. The summed E-state index contributed by atoms with van der Waals surface area (Å²) in [6, 6.07) is 2.95. The van der Waals surface area contributed by atoms with Crippen LogP contribution in [0.4, 0.5) is 4.39 Å². The Morgan fingerprint density at radius 1 is 1.50 bits per heavy atom. The molecule has 62 valence electrons. The predicted octanol–water partition coefficient (Wildman–Crippen LogP) is 2.62. The van der Waals surface area contributed by atoms with Crippen molar-refractivity contribution in [1.29, 1.82) is 0 Å². The number of halogens is 2. The van der Waals surface area contributed by atoms with E-state index in [4.69, 9.17) is 0 Å². The van der Waals surface area contributed by atoms with Crippen LogP contribution in [-0.4, -0.2) is 10.2 Å². The number of hydrogen-bond acceptors (Lipinski definition) is 1. The quantitative estimate of drug-likeness (QED) is 0.736. The van der Waals surface area contributed by atoms with E-state index in [9.17, 15) is 4.39 Å². The van der Waals surface area contributed by atoms with E-state index in [1.54, 1.807) is 0 Å². The molecule has 2 nitrogen and oxygen atoms in total. The van der Waals surface area contributed by atoms with Crippen LogP contribution in [0, 0.1) is 16.4 Å². The number of benzene rings is 1. The molecular weight excluding hydrogens is 270 g/mol. The van der Waals surface area contributed by atoms with E-state index in [-0.39, 0.29) is 5.82 Å². The molecule has 0 fully saturated rings. The summed E-state index contributed by atoms with van der Waals surface area (Å²) in [5, 5.41) is 7.79. The summed E-state index contributed by atoms with van der Waals surface area (Å²) in [4.78, 5) is 0. The lowest BCUT2D eigenvalue weighted by Gasteiger charge is -1.95. The van der Waals surface area contributed by atoms with Crippen LogP contribution in [0.15, 0.2) is 12.1 Å². The standard InChI is InChI=1S/C8H6FIN2/c1-4-2-5(9)3-6-7(4)8(10)12-11-6/h2-3H,1H3,(H,11,12). The first-order chi connectivity index (χ1) is 5.68. The molecule has 2 aromatic rings. The molecule has 0 unspecified atom stereocenters. The maximum Gasteiger partial charge on any atom is 0.125 e. The Morgan fingerprint density at radius 3 is 3.00 bits per heavy atom. The van der Waals surface area contributed by atoms with E-state index < -0.39 is 0 Å². The Morgan fingerprint density at radius 2 is 2.25 bits per heavy atom. The highest BCUT2D eigenvalue weighted by Gasteiger charge is 2.06. The number of aromatic amines is 1. The van der Waals surface area contributed by atoms with Gasteiger partial charge in [-0.15, -0.1) is 0 Å². The second kappa shape index (κ2) is 2.69. The van der Waals surface area contributed by atoms with Crippen LogP contribution in [-0.2, 0) is 0 Å². The minimum atomic E-state index is -0.233. The second-order valence-electron chi connectivity index (χ2n) is 2.65. The van der Waals surface area contributed by atoms with E-state index >= 15 is 0 Å². The van der Waals surface area contributed by atoms with Gasteiger partial charge in [0.1, 0.15) is 9.52 Å². The van der Waals surface area contributed by atoms with Gasteiger partial charge in [-0.05, 0) is 41.1 Å². The normalized spacial score (nSPS) is 10.9. The molecule has 0 aliphatic heterocycles. The van der Waals surface area contributed by atoms with Crippen molar-refractivity contribution in [3.63, 3.8) is 0 Å². The molecule has 2 rings (SSSR count). The van der Waals surface area contributed by atoms with E-state index in [2.05, 4.69) is 32.8 Å². The van der Waals surface area contributed by atoms with Gasteiger partial charge in [0.05, 0.1) is 5.52 Å².